The predicted octanol–water partition coefficient (Wildman–Crippen LogP) is 2.76. The number of nitrogens with zero attached hydrogens (tertiary/aromatic N) is 1. The van der Waals surface area contributed by atoms with Crippen LogP contribution in [0.3, 0.4) is 0 Å². The van der Waals surface area contributed by atoms with Crippen LogP contribution in [0.1, 0.15) is 34.6 Å². The Balaban J connectivity index is 2.19. The Morgan fingerprint density at radius 1 is 1.24 bits per heavy atom. The normalized spacial score (nSPS) is 11.1. The maximum absolute atomic E-state index is 11.9. The van der Waals surface area contributed by atoms with Gasteiger partial charge >= 0.3 is 0 Å². The summed E-state index contributed by atoms with van der Waals surface area (Å²) in [7, 11) is 0. The van der Waals surface area contributed by atoms with Gasteiger partial charge in [-0.2, -0.15) is 0 Å². The highest BCUT2D eigenvalue weighted by molar-refractivity contribution is 7.09. The van der Waals surface area contributed by atoms with E-state index < -0.39 is 0 Å². The van der Waals surface area contributed by atoms with Crippen LogP contribution < -0.4 is 11.3 Å². The van der Waals surface area contributed by atoms with E-state index in [1.165, 1.54) is 4.88 Å². The highest BCUT2D eigenvalue weighted by Gasteiger charge is 2.16. The van der Waals surface area contributed by atoms with Crippen molar-refractivity contribution in [2.75, 3.05) is 0 Å². The molecule has 0 saturated heterocycles. The lowest BCUT2D eigenvalue weighted by Crippen LogP contribution is -2.33. The van der Waals surface area contributed by atoms with E-state index in [2.05, 4.69) is 41.7 Å². The molecular weight excluding hydrogens is 282 g/mol. The van der Waals surface area contributed by atoms with Gasteiger partial charge in [0.25, 0.3) is 5.91 Å². The molecule has 0 atom stereocenters. The molecule has 0 spiro atoms. The van der Waals surface area contributed by atoms with Gasteiger partial charge in [-0.05, 0) is 36.9 Å². The summed E-state index contributed by atoms with van der Waals surface area (Å²) in [5.74, 6) is 5.02. The summed E-state index contributed by atoms with van der Waals surface area (Å²) in [6.07, 6.45) is 0. The molecule has 0 unspecified atom stereocenters. The van der Waals surface area contributed by atoms with Gasteiger partial charge in [-0.1, -0.05) is 24.3 Å². The zero-order valence-corrected chi connectivity index (χ0v) is 13.2. The van der Waals surface area contributed by atoms with Gasteiger partial charge in [0, 0.05) is 29.6 Å². The van der Waals surface area contributed by atoms with E-state index in [4.69, 9.17) is 5.84 Å². The van der Waals surface area contributed by atoms with Crippen LogP contribution in [0.5, 0.6) is 0 Å². The second kappa shape index (κ2) is 7.36. The molecule has 112 valence electrons. The maximum Gasteiger partial charge on any atom is 0.265 e. The van der Waals surface area contributed by atoms with Crippen LogP contribution in [0.15, 0.2) is 41.8 Å². The standard InChI is InChI=1S/C16H21N3OS/c1-12(2)19(11-14-7-5-9-21-14)10-13-6-3-4-8-15(13)16(20)18-17/h3-9,12H,10-11,17H2,1-2H3,(H,18,20). The number of rotatable bonds is 6. The number of benzene rings is 1. The largest absolute Gasteiger partial charge is 0.292 e. The molecule has 2 aromatic rings. The first kappa shape index (κ1) is 15.7. The number of amides is 1. The minimum atomic E-state index is -0.245. The molecular formula is C16H21N3OS. The molecule has 0 saturated carbocycles. The highest BCUT2D eigenvalue weighted by Crippen LogP contribution is 2.18. The molecule has 0 fully saturated rings. The van der Waals surface area contributed by atoms with Gasteiger partial charge in [-0.15, -0.1) is 11.3 Å². The van der Waals surface area contributed by atoms with E-state index in [1.54, 1.807) is 17.4 Å². The first-order chi connectivity index (χ1) is 10.1. The van der Waals surface area contributed by atoms with Crippen LogP contribution in [0.25, 0.3) is 0 Å². The Labute approximate surface area is 129 Å². The van der Waals surface area contributed by atoms with E-state index in [1.807, 2.05) is 18.2 Å². The highest BCUT2D eigenvalue weighted by atomic mass is 32.1. The summed E-state index contributed by atoms with van der Waals surface area (Å²) in [6, 6.07) is 12.2. The molecule has 4 nitrogen and oxygen atoms in total. The second-order valence-corrected chi connectivity index (χ2v) is 6.24. The number of hydrogen-bond acceptors (Lipinski definition) is 4. The van der Waals surface area contributed by atoms with Crippen molar-refractivity contribution in [1.82, 2.24) is 10.3 Å². The molecule has 1 amide bonds. The van der Waals surface area contributed by atoms with Crippen LogP contribution in [0.4, 0.5) is 0 Å². The molecule has 0 radical (unpaired) electrons. The Bertz CT molecular complexity index is 581. The third kappa shape index (κ3) is 4.14. The summed E-state index contributed by atoms with van der Waals surface area (Å²) >= 11 is 1.75. The SMILES string of the molecule is CC(C)N(Cc1cccs1)Cc1ccccc1C(=O)NN. The van der Waals surface area contributed by atoms with Crippen LogP contribution in [-0.2, 0) is 13.1 Å². The lowest BCUT2D eigenvalue weighted by molar-refractivity contribution is 0.0950. The molecule has 0 aliphatic heterocycles. The number of nitrogen functional groups attached to an aromatic ring is 1. The summed E-state index contributed by atoms with van der Waals surface area (Å²) in [5.41, 5.74) is 3.84. The molecule has 5 heteroatoms. The first-order valence-corrected chi connectivity index (χ1v) is 7.85. The number of nitrogens with two attached hydrogens (primary N) is 1. The van der Waals surface area contributed by atoms with Crippen molar-refractivity contribution in [1.29, 1.82) is 0 Å². The number of hydrogen-bond donors (Lipinski definition) is 2. The summed E-state index contributed by atoms with van der Waals surface area (Å²) in [4.78, 5) is 15.5. The zero-order chi connectivity index (χ0) is 15.2. The van der Waals surface area contributed by atoms with E-state index in [9.17, 15) is 4.79 Å². The van der Waals surface area contributed by atoms with Gasteiger partial charge in [-0.3, -0.25) is 15.1 Å². The van der Waals surface area contributed by atoms with Crippen molar-refractivity contribution >= 4 is 17.2 Å². The molecule has 1 heterocycles. The fraction of sp³-hybridized carbons (Fsp3) is 0.312. The number of carbonyl (C=O) groups is 1. The number of hydrazine groups is 1. The molecule has 1 aromatic heterocycles. The molecule has 2 rings (SSSR count). The topological polar surface area (TPSA) is 58.4 Å². The average Bonchev–Trinajstić information content (AvgIpc) is 2.99. The zero-order valence-electron chi connectivity index (χ0n) is 12.4. The van der Waals surface area contributed by atoms with E-state index in [-0.39, 0.29) is 5.91 Å². The van der Waals surface area contributed by atoms with Crippen molar-refractivity contribution in [3.8, 4) is 0 Å². The third-order valence-corrected chi connectivity index (χ3v) is 4.30. The number of thiophene rings is 1. The summed E-state index contributed by atoms with van der Waals surface area (Å²) in [5, 5.41) is 2.09. The van der Waals surface area contributed by atoms with E-state index in [0.29, 0.717) is 11.6 Å². The molecule has 3 N–H and O–H groups in total. The third-order valence-electron chi connectivity index (χ3n) is 3.44. The molecule has 1 aromatic carbocycles. The van der Waals surface area contributed by atoms with Gasteiger partial charge in [-0.25, -0.2) is 5.84 Å². The monoisotopic (exact) mass is 303 g/mol. The quantitative estimate of drug-likeness (QED) is 0.490. The molecule has 21 heavy (non-hydrogen) atoms. The smallest absolute Gasteiger partial charge is 0.265 e. The van der Waals surface area contributed by atoms with Crippen molar-refractivity contribution in [2.45, 2.75) is 33.0 Å². The predicted molar refractivity (Wildman–Crippen MR) is 86.8 cm³/mol. The first-order valence-electron chi connectivity index (χ1n) is 6.97. The van der Waals surface area contributed by atoms with Crippen molar-refractivity contribution in [3.05, 3.63) is 57.8 Å². The van der Waals surface area contributed by atoms with Gasteiger partial charge in [0.15, 0.2) is 0 Å². The Morgan fingerprint density at radius 2 is 2.00 bits per heavy atom. The Hall–Kier alpha value is -1.69. The van der Waals surface area contributed by atoms with Crippen LogP contribution in [-0.4, -0.2) is 16.8 Å². The molecule has 0 aliphatic carbocycles. The van der Waals surface area contributed by atoms with E-state index >= 15 is 0 Å². The lowest BCUT2D eigenvalue weighted by Gasteiger charge is -2.26. The van der Waals surface area contributed by atoms with Gasteiger partial charge in [0.2, 0.25) is 0 Å². The summed E-state index contributed by atoms with van der Waals surface area (Å²) in [6.45, 7) is 5.94. The van der Waals surface area contributed by atoms with Crippen molar-refractivity contribution < 1.29 is 4.79 Å². The van der Waals surface area contributed by atoms with Crippen LogP contribution >= 0.6 is 11.3 Å². The lowest BCUT2D eigenvalue weighted by atomic mass is 10.1. The number of carbonyl (C=O) groups excluding carboxylic acids is 1. The number of nitrogens with one attached hydrogen (secondary N) is 1. The van der Waals surface area contributed by atoms with Gasteiger partial charge < -0.3 is 0 Å². The average molecular weight is 303 g/mol. The fourth-order valence-electron chi connectivity index (χ4n) is 2.20. The second-order valence-electron chi connectivity index (χ2n) is 5.21. The van der Waals surface area contributed by atoms with Crippen LogP contribution in [0, 0.1) is 0 Å². The van der Waals surface area contributed by atoms with Crippen LogP contribution in [0.2, 0.25) is 0 Å². The maximum atomic E-state index is 11.9. The van der Waals surface area contributed by atoms with Crippen molar-refractivity contribution in [3.63, 3.8) is 0 Å². The molecule has 0 aliphatic rings. The Kier molecular flexibility index (Phi) is 5.50. The minimum Gasteiger partial charge on any atom is -0.292 e. The summed E-state index contributed by atoms with van der Waals surface area (Å²) < 4.78 is 0. The van der Waals surface area contributed by atoms with Gasteiger partial charge in [0.05, 0.1) is 0 Å². The minimum absolute atomic E-state index is 0.245. The van der Waals surface area contributed by atoms with Gasteiger partial charge in [0.1, 0.15) is 0 Å². The Morgan fingerprint density at radius 3 is 2.62 bits per heavy atom. The van der Waals surface area contributed by atoms with Crippen molar-refractivity contribution in [2.24, 2.45) is 5.84 Å². The molecule has 0 bridgehead atoms. The van der Waals surface area contributed by atoms with E-state index in [0.717, 1.165) is 18.7 Å². The fourth-order valence-corrected chi connectivity index (χ4v) is 2.93.